The molecule has 0 radical (unpaired) electrons. The number of aryl methyl sites for hydroxylation is 1. The summed E-state index contributed by atoms with van der Waals surface area (Å²) in [5, 5.41) is 11.2. The maximum Gasteiger partial charge on any atom is 0.237 e. The molecule has 1 saturated heterocycles. The van der Waals surface area contributed by atoms with E-state index in [1.807, 2.05) is 43.0 Å². The minimum absolute atomic E-state index is 0.0230. The summed E-state index contributed by atoms with van der Waals surface area (Å²) in [6.07, 6.45) is 0.898. The van der Waals surface area contributed by atoms with Gasteiger partial charge in [-0.2, -0.15) is 5.26 Å². The first-order valence-electron chi connectivity index (χ1n) is 11.5. The number of nitriles is 1. The first-order chi connectivity index (χ1) is 16.3. The molecular weight excluding hydrogens is 430 g/mol. The number of amides is 1. The van der Waals surface area contributed by atoms with Gasteiger partial charge in [-0.3, -0.25) is 9.69 Å². The molecule has 0 aliphatic carbocycles. The third-order valence-electron chi connectivity index (χ3n) is 6.46. The number of fused-ring (bicyclic) bond motifs is 3. The van der Waals surface area contributed by atoms with Crippen molar-refractivity contribution >= 4 is 45.6 Å². The summed E-state index contributed by atoms with van der Waals surface area (Å²) >= 11 is 0. The fourth-order valence-corrected chi connectivity index (χ4v) is 5.07. The monoisotopic (exact) mass is 457 g/mol. The number of benzene rings is 1. The molecule has 2 aromatic heterocycles. The lowest BCUT2D eigenvalue weighted by Gasteiger charge is -2.36. The van der Waals surface area contributed by atoms with Crippen molar-refractivity contribution in [1.29, 1.82) is 5.26 Å². The third-order valence-corrected chi connectivity index (χ3v) is 6.46. The van der Waals surface area contributed by atoms with Crippen molar-refractivity contribution in [1.82, 2.24) is 9.97 Å². The molecule has 9 heteroatoms. The largest absolute Gasteiger partial charge is 0.383 e. The summed E-state index contributed by atoms with van der Waals surface area (Å²) in [5.74, 6) is 1.15. The van der Waals surface area contributed by atoms with Gasteiger partial charge in [-0.15, -0.1) is 0 Å². The van der Waals surface area contributed by atoms with Crippen LogP contribution in [0.1, 0.15) is 37.5 Å². The third kappa shape index (κ3) is 3.38. The summed E-state index contributed by atoms with van der Waals surface area (Å²) in [4.78, 5) is 26.0. The van der Waals surface area contributed by atoms with Crippen molar-refractivity contribution in [3.05, 3.63) is 41.0 Å². The highest BCUT2D eigenvalue weighted by Gasteiger charge is 2.36. The van der Waals surface area contributed by atoms with Crippen LogP contribution in [0.2, 0.25) is 0 Å². The van der Waals surface area contributed by atoms with Crippen LogP contribution in [-0.4, -0.2) is 41.2 Å². The number of pyridine rings is 2. The highest BCUT2D eigenvalue weighted by molar-refractivity contribution is 6.15. The molecule has 4 N–H and O–H groups in total. The van der Waals surface area contributed by atoms with Crippen LogP contribution < -0.4 is 21.3 Å². The van der Waals surface area contributed by atoms with Crippen molar-refractivity contribution in [2.24, 2.45) is 0 Å². The summed E-state index contributed by atoms with van der Waals surface area (Å²) in [6.45, 7) is 7.19. The van der Waals surface area contributed by atoms with Crippen molar-refractivity contribution < 1.29 is 9.53 Å². The van der Waals surface area contributed by atoms with E-state index in [2.05, 4.69) is 23.0 Å². The molecule has 0 bridgehead atoms. The Morgan fingerprint density at radius 3 is 2.44 bits per heavy atom. The van der Waals surface area contributed by atoms with Crippen LogP contribution in [0.5, 0.6) is 0 Å². The number of carbonyl (C=O) groups excluding carboxylic acids is 1. The number of morpholine rings is 1. The summed E-state index contributed by atoms with van der Waals surface area (Å²) in [6, 6.07) is 10.1. The Morgan fingerprint density at radius 2 is 1.79 bits per heavy atom. The molecule has 0 spiro atoms. The van der Waals surface area contributed by atoms with E-state index >= 15 is 0 Å². The maximum atomic E-state index is 13.2. The van der Waals surface area contributed by atoms with E-state index < -0.39 is 0 Å². The Balaban J connectivity index is 1.75. The van der Waals surface area contributed by atoms with Gasteiger partial charge in [0.2, 0.25) is 5.91 Å². The topological polar surface area (TPSA) is 134 Å². The minimum Gasteiger partial charge on any atom is -0.383 e. The van der Waals surface area contributed by atoms with Gasteiger partial charge in [-0.1, -0.05) is 19.1 Å². The molecule has 1 fully saturated rings. The second-order valence-electron chi connectivity index (χ2n) is 8.95. The number of carbonyl (C=O) groups is 1. The number of aromatic nitrogens is 2. The highest BCUT2D eigenvalue weighted by atomic mass is 16.5. The van der Waals surface area contributed by atoms with Crippen LogP contribution in [0, 0.1) is 11.3 Å². The smallest absolute Gasteiger partial charge is 0.237 e. The van der Waals surface area contributed by atoms with Crippen LogP contribution in [0.25, 0.3) is 10.8 Å². The van der Waals surface area contributed by atoms with Crippen molar-refractivity contribution in [3.8, 4) is 6.07 Å². The van der Waals surface area contributed by atoms with Crippen LogP contribution >= 0.6 is 0 Å². The number of nitrogens with two attached hydrogens (primary N) is 2. The summed E-state index contributed by atoms with van der Waals surface area (Å²) in [5.41, 5.74) is 15.6. The number of rotatable bonds is 3. The van der Waals surface area contributed by atoms with E-state index in [1.54, 1.807) is 4.90 Å². The normalized spacial score (nSPS) is 20.0. The van der Waals surface area contributed by atoms with Crippen LogP contribution in [0.3, 0.4) is 0 Å². The number of anilines is 5. The fourth-order valence-electron chi connectivity index (χ4n) is 5.07. The van der Waals surface area contributed by atoms with Gasteiger partial charge in [0.05, 0.1) is 29.7 Å². The van der Waals surface area contributed by atoms with Crippen molar-refractivity contribution in [2.45, 2.75) is 45.8 Å². The Morgan fingerprint density at radius 1 is 1.12 bits per heavy atom. The first-order valence-corrected chi connectivity index (χ1v) is 11.5. The zero-order valence-corrected chi connectivity index (χ0v) is 19.5. The average Bonchev–Trinajstić information content (AvgIpc) is 3.13. The van der Waals surface area contributed by atoms with Gasteiger partial charge in [0.25, 0.3) is 0 Å². The molecule has 3 aromatic rings. The van der Waals surface area contributed by atoms with E-state index in [0.717, 1.165) is 17.7 Å². The predicted octanol–water partition coefficient (Wildman–Crippen LogP) is 3.06. The number of nitrogen functional groups attached to an aromatic ring is 2. The van der Waals surface area contributed by atoms with E-state index in [9.17, 15) is 10.1 Å². The van der Waals surface area contributed by atoms with Gasteiger partial charge in [0, 0.05) is 24.0 Å². The zero-order chi connectivity index (χ0) is 24.1. The molecule has 4 heterocycles. The molecule has 2 aliphatic heterocycles. The Hall–Kier alpha value is -3.90. The van der Waals surface area contributed by atoms with Gasteiger partial charge in [-0.25, -0.2) is 9.97 Å². The molecule has 2 aliphatic rings. The molecule has 34 heavy (non-hydrogen) atoms. The summed E-state index contributed by atoms with van der Waals surface area (Å²) < 4.78 is 5.85. The Bertz CT molecular complexity index is 1350. The van der Waals surface area contributed by atoms with Gasteiger partial charge in [-0.05, 0) is 38.0 Å². The molecule has 9 nitrogen and oxygen atoms in total. The Kier molecular flexibility index (Phi) is 5.25. The van der Waals surface area contributed by atoms with Gasteiger partial charge >= 0.3 is 0 Å². The highest BCUT2D eigenvalue weighted by Crippen LogP contribution is 2.44. The molecule has 5 rings (SSSR count). The number of hydrogen-bond acceptors (Lipinski definition) is 8. The van der Waals surface area contributed by atoms with Gasteiger partial charge in [0.1, 0.15) is 34.9 Å². The van der Waals surface area contributed by atoms with E-state index in [-0.39, 0.29) is 36.2 Å². The lowest BCUT2D eigenvalue weighted by molar-refractivity contribution is -0.116. The standard InChI is InChI=1S/C25H27N7O2/c1-4-15-6-5-7-16(8-15)32-19(33)9-17-20-18(10-26)24(31-11-13(2)34-14(3)12-31)29-22(27)21(20)23(28)30-25(17)32/h5-8,13-14H,4,9,11-12H2,1-3H3,(H2,27,29)(H2,28,30)/t13-,14-/m0/s1. The predicted molar refractivity (Wildman–Crippen MR) is 132 cm³/mol. The van der Waals surface area contributed by atoms with Gasteiger partial charge in [0.15, 0.2) is 0 Å². The summed E-state index contributed by atoms with van der Waals surface area (Å²) in [7, 11) is 0. The average molecular weight is 458 g/mol. The molecule has 1 amide bonds. The van der Waals surface area contributed by atoms with Crippen LogP contribution in [-0.2, 0) is 22.4 Å². The van der Waals surface area contributed by atoms with Crippen molar-refractivity contribution in [3.63, 3.8) is 0 Å². The molecular formula is C25H27N7O2. The fraction of sp³-hybridized carbons (Fsp3) is 0.360. The molecule has 0 saturated carbocycles. The first kappa shape index (κ1) is 21.9. The molecule has 2 atom stereocenters. The van der Waals surface area contributed by atoms with Gasteiger partial charge < -0.3 is 21.1 Å². The minimum atomic E-state index is -0.128. The zero-order valence-electron chi connectivity index (χ0n) is 19.5. The molecule has 0 unspecified atom stereocenters. The Labute approximate surface area is 197 Å². The molecule has 1 aromatic carbocycles. The lowest BCUT2D eigenvalue weighted by atomic mass is 10.00. The lowest BCUT2D eigenvalue weighted by Crippen LogP contribution is -2.46. The van der Waals surface area contributed by atoms with E-state index in [1.165, 1.54) is 0 Å². The second-order valence-corrected chi connectivity index (χ2v) is 8.95. The van der Waals surface area contributed by atoms with Crippen LogP contribution in [0.15, 0.2) is 24.3 Å². The number of ether oxygens (including phenoxy) is 1. The second kappa shape index (κ2) is 8.15. The quantitative estimate of drug-likeness (QED) is 0.613. The van der Waals surface area contributed by atoms with Crippen molar-refractivity contribution in [2.75, 3.05) is 34.4 Å². The SMILES string of the molecule is CCc1cccc(N2C(=O)Cc3c2nc(N)c2c(N)nc(N4C[C@H](C)O[C@@H](C)C4)c(C#N)c32)c1. The number of nitrogens with zero attached hydrogens (tertiary/aromatic N) is 5. The van der Waals surface area contributed by atoms with E-state index in [0.29, 0.717) is 46.6 Å². The van der Waals surface area contributed by atoms with Crippen LogP contribution in [0.4, 0.5) is 29.0 Å². The molecule has 174 valence electrons. The van der Waals surface area contributed by atoms with E-state index in [4.69, 9.17) is 16.2 Å². The maximum absolute atomic E-state index is 13.2. The number of hydrogen-bond donors (Lipinski definition) is 2.